The summed E-state index contributed by atoms with van der Waals surface area (Å²) in [7, 11) is 0. The zero-order valence-corrected chi connectivity index (χ0v) is 19.1. The number of halogens is 4. The van der Waals surface area contributed by atoms with E-state index in [-0.39, 0.29) is 41.2 Å². The van der Waals surface area contributed by atoms with Crippen molar-refractivity contribution in [3.8, 4) is 11.4 Å². The van der Waals surface area contributed by atoms with Crippen molar-refractivity contribution in [2.45, 2.75) is 57.4 Å². The van der Waals surface area contributed by atoms with Gasteiger partial charge in [-0.25, -0.2) is 0 Å². The number of aromatic nitrogens is 2. The molecule has 4 rings (SSSR count). The smallest absolute Gasteiger partial charge is 0.395 e. The van der Waals surface area contributed by atoms with Crippen molar-refractivity contribution in [1.82, 2.24) is 20.4 Å². The quantitative estimate of drug-likeness (QED) is 0.589. The minimum Gasteiger partial charge on any atom is -0.395 e. The topological polar surface area (TPSA) is 109 Å². The molecule has 2 aliphatic rings. The summed E-state index contributed by atoms with van der Waals surface area (Å²) in [5.74, 6) is -2.40. The first-order valence-corrected chi connectivity index (χ1v) is 11.4. The number of nitrogens with zero attached hydrogens (tertiary/aromatic N) is 3. The molecule has 12 heteroatoms. The molecule has 0 radical (unpaired) electrons. The summed E-state index contributed by atoms with van der Waals surface area (Å²) in [6.45, 7) is 1.49. The number of benzene rings is 1. The average molecular weight is 501 g/mol. The van der Waals surface area contributed by atoms with E-state index < -0.39 is 24.1 Å². The van der Waals surface area contributed by atoms with Crippen LogP contribution < -0.4 is 5.32 Å². The fraction of sp³-hybridized carbons (Fsp3) is 0.545. The van der Waals surface area contributed by atoms with Crippen LogP contribution in [-0.2, 0) is 17.5 Å². The maximum absolute atomic E-state index is 13.3. The van der Waals surface area contributed by atoms with Gasteiger partial charge in [-0.15, -0.1) is 11.6 Å². The van der Waals surface area contributed by atoms with Gasteiger partial charge in [-0.05, 0) is 31.4 Å². The maximum Gasteiger partial charge on any atom is 0.471 e. The molecule has 2 amide bonds. The van der Waals surface area contributed by atoms with Gasteiger partial charge in [0.25, 0.3) is 5.91 Å². The molecule has 1 aliphatic heterocycles. The van der Waals surface area contributed by atoms with Crippen LogP contribution >= 0.6 is 11.6 Å². The van der Waals surface area contributed by atoms with Gasteiger partial charge in [-0.2, -0.15) is 18.2 Å². The molecule has 34 heavy (non-hydrogen) atoms. The molecule has 8 nitrogen and oxygen atoms in total. The minimum atomic E-state index is -4.76. The van der Waals surface area contributed by atoms with Gasteiger partial charge < -0.3 is 19.8 Å². The summed E-state index contributed by atoms with van der Waals surface area (Å²) in [6.07, 6.45) is -1.62. The number of fused-ring (bicyclic) bond motifs is 1. The summed E-state index contributed by atoms with van der Waals surface area (Å²) in [4.78, 5) is 31.1. The summed E-state index contributed by atoms with van der Waals surface area (Å²) in [5, 5.41) is 16.0. The highest BCUT2D eigenvalue weighted by molar-refractivity contribution is 6.20. The Hall–Kier alpha value is -2.66. The first kappa shape index (κ1) is 24.5. The number of hydrogen-bond acceptors (Lipinski definition) is 6. The second kappa shape index (κ2) is 9.18. The molecular weight excluding hydrogens is 477 g/mol. The van der Waals surface area contributed by atoms with Crippen molar-refractivity contribution < 1.29 is 32.4 Å². The number of carbonyl (C=O) groups is 2. The third-order valence-electron chi connectivity index (χ3n) is 6.51. The zero-order chi connectivity index (χ0) is 24.7. The molecule has 2 aromatic rings. The summed E-state index contributed by atoms with van der Waals surface area (Å²) < 4.78 is 42.7. The summed E-state index contributed by atoms with van der Waals surface area (Å²) >= 11 is 5.90. The molecule has 1 aromatic heterocycles. The van der Waals surface area contributed by atoms with E-state index in [1.54, 1.807) is 24.0 Å². The normalized spacial score (nSPS) is 22.4. The molecule has 3 unspecified atom stereocenters. The van der Waals surface area contributed by atoms with Crippen molar-refractivity contribution in [3.05, 3.63) is 35.2 Å². The van der Waals surface area contributed by atoms with Crippen LogP contribution in [0, 0.1) is 5.41 Å². The Kier molecular flexibility index (Phi) is 6.61. The molecular formula is C22H24ClF3N4O4. The molecule has 184 valence electrons. The lowest BCUT2D eigenvalue weighted by Crippen LogP contribution is -2.56. The Bertz CT molecular complexity index is 1090. The van der Waals surface area contributed by atoms with Crippen molar-refractivity contribution in [2.75, 3.05) is 12.5 Å². The molecule has 3 atom stereocenters. The average Bonchev–Trinajstić information content (AvgIpc) is 3.44. The number of rotatable bonds is 6. The van der Waals surface area contributed by atoms with E-state index in [0.717, 1.165) is 18.4 Å². The van der Waals surface area contributed by atoms with E-state index in [4.69, 9.17) is 11.6 Å². The lowest BCUT2D eigenvalue weighted by Gasteiger charge is -2.39. The third-order valence-corrected chi connectivity index (χ3v) is 7.10. The van der Waals surface area contributed by atoms with Gasteiger partial charge in [0.2, 0.25) is 11.7 Å². The molecule has 0 bridgehead atoms. The van der Waals surface area contributed by atoms with Crippen LogP contribution in [0.4, 0.5) is 13.2 Å². The highest BCUT2D eigenvalue weighted by Crippen LogP contribution is 2.35. The van der Waals surface area contributed by atoms with Gasteiger partial charge >= 0.3 is 12.1 Å². The maximum atomic E-state index is 13.3. The second-order valence-electron chi connectivity index (χ2n) is 9.01. The fourth-order valence-electron chi connectivity index (χ4n) is 4.36. The lowest BCUT2D eigenvalue weighted by molar-refractivity contribution is -0.159. The number of aliphatic hydroxyl groups is 1. The van der Waals surface area contributed by atoms with Crippen molar-refractivity contribution in [1.29, 1.82) is 0 Å². The molecule has 2 N–H and O–H groups in total. The molecule has 0 saturated heterocycles. The number of aliphatic hydroxyl groups excluding tert-OH is 1. The first-order valence-electron chi connectivity index (χ1n) is 10.9. The Labute approximate surface area is 198 Å². The largest absolute Gasteiger partial charge is 0.471 e. The first-order chi connectivity index (χ1) is 16.1. The Morgan fingerprint density at radius 2 is 2.06 bits per heavy atom. The number of hydrogen-bond donors (Lipinski definition) is 2. The van der Waals surface area contributed by atoms with E-state index in [1.807, 2.05) is 0 Å². The number of amides is 2. The van der Waals surface area contributed by atoms with Crippen molar-refractivity contribution in [3.63, 3.8) is 0 Å². The van der Waals surface area contributed by atoms with Crippen LogP contribution in [0.15, 0.2) is 22.7 Å². The highest BCUT2D eigenvalue weighted by Gasteiger charge is 2.42. The summed E-state index contributed by atoms with van der Waals surface area (Å²) in [5.41, 5.74) is 0.191. The second-order valence-corrected chi connectivity index (χ2v) is 9.28. The predicted molar refractivity (Wildman–Crippen MR) is 115 cm³/mol. The van der Waals surface area contributed by atoms with Crippen LogP contribution in [0.25, 0.3) is 11.4 Å². The molecule has 2 heterocycles. The molecule has 1 saturated carbocycles. The van der Waals surface area contributed by atoms with E-state index in [9.17, 15) is 27.9 Å². The molecule has 1 aromatic carbocycles. The summed E-state index contributed by atoms with van der Waals surface area (Å²) in [6, 6.07) is 4.11. The van der Waals surface area contributed by atoms with E-state index in [2.05, 4.69) is 20.0 Å². The monoisotopic (exact) mass is 500 g/mol. The van der Waals surface area contributed by atoms with Gasteiger partial charge in [0.05, 0.1) is 18.1 Å². The zero-order valence-electron chi connectivity index (χ0n) is 18.4. The van der Waals surface area contributed by atoms with Gasteiger partial charge in [-0.1, -0.05) is 30.1 Å². The van der Waals surface area contributed by atoms with E-state index in [1.165, 1.54) is 6.07 Å². The Morgan fingerprint density at radius 1 is 1.32 bits per heavy atom. The highest BCUT2D eigenvalue weighted by atomic mass is 35.5. The number of alkyl halides is 4. The Morgan fingerprint density at radius 3 is 2.71 bits per heavy atom. The van der Waals surface area contributed by atoms with E-state index >= 15 is 0 Å². The van der Waals surface area contributed by atoms with Crippen molar-refractivity contribution in [2.24, 2.45) is 5.41 Å². The van der Waals surface area contributed by atoms with Crippen LogP contribution in [0.1, 0.15) is 54.4 Å². The van der Waals surface area contributed by atoms with Gasteiger partial charge in [0.15, 0.2) is 0 Å². The molecule has 1 fully saturated rings. The van der Waals surface area contributed by atoms with Gasteiger partial charge in [0, 0.05) is 29.6 Å². The minimum absolute atomic E-state index is 0.0459. The molecule has 0 spiro atoms. The fourth-order valence-corrected chi connectivity index (χ4v) is 4.56. The van der Waals surface area contributed by atoms with Crippen LogP contribution in [-0.4, -0.2) is 56.5 Å². The third kappa shape index (κ3) is 4.50. The molecule has 1 aliphatic carbocycles. The lowest BCUT2D eigenvalue weighted by atomic mass is 9.87. The van der Waals surface area contributed by atoms with Crippen molar-refractivity contribution >= 4 is 23.4 Å². The van der Waals surface area contributed by atoms with Gasteiger partial charge in [0.1, 0.15) is 0 Å². The van der Waals surface area contributed by atoms with E-state index in [0.29, 0.717) is 24.9 Å². The van der Waals surface area contributed by atoms with Crippen LogP contribution in [0.3, 0.4) is 0 Å². The standard InChI is InChI=1S/C22H24ClF3N4O4/c1-21(10-23,11-31)19(33)27-15-4-2-3-5-16(15)30-9-13-7-6-12(8-14(13)18(30)32)17-28-20(34-29-17)22(24,25)26/h6-8,15-16,31H,2-5,9-11H2,1H3,(H,27,33). The Balaban J connectivity index is 1.55. The number of nitrogens with one attached hydrogen (secondary N) is 1. The SMILES string of the molecule is CC(CO)(CCl)C(=O)NC1CCCCC1N1Cc2ccc(-c3noc(C(F)(F)F)n3)cc2C1=O. The predicted octanol–water partition coefficient (Wildman–Crippen LogP) is 3.38. The van der Waals surface area contributed by atoms with Gasteiger partial charge in [-0.3, -0.25) is 9.59 Å². The number of carbonyl (C=O) groups excluding carboxylic acids is 2. The van der Waals surface area contributed by atoms with Crippen LogP contribution in [0.5, 0.6) is 0 Å². The van der Waals surface area contributed by atoms with Crippen LogP contribution in [0.2, 0.25) is 0 Å².